The molecule has 0 saturated carbocycles. The molecule has 2 aromatic carbocycles. The van der Waals surface area contributed by atoms with E-state index in [1.807, 2.05) is 79.5 Å². The van der Waals surface area contributed by atoms with Crippen molar-refractivity contribution in [2.75, 3.05) is 13.6 Å². The number of carbonyl (C=O) groups is 1. The Morgan fingerprint density at radius 1 is 1.12 bits per heavy atom. The number of amides is 1. The molecule has 3 aromatic rings. The molecule has 1 aromatic heterocycles. The molecule has 3 rings (SSSR count). The first kappa shape index (κ1) is 16.3. The van der Waals surface area contributed by atoms with E-state index in [0.717, 1.165) is 22.3 Å². The summed E-state index contributed by atoms with van der Waals surface area (Å²) >= 11 is 0. The van der Waals surface area contributed by atoms with Gasteiger partial charge in [0.2, 0.25) is 5.91 Å². The van der Waals surface area contributed by atoms with Crippen molar-refractivity contribution in [3.8, 4) is 0 Å². The minimum atomic E-state index is 0.00399. The highest BCUT2D eigenvalue weighted by Crippen LogP contribution is 2.26. The van der Waals surface area contributed by atoms with Gasteiger partial charge in [0.05, 0.1) is 12.6 Å². The smallest absolute Gasteiger partial charge is 0.234 e. The average molecular weight is 322 g/mol. The Bertz CT molecular complexity index is 778. The van der Waals surface area contributed by atoms with E-state index in [4.69, 9.17) is 4.42 Å². The second-order valence-electron chi connectivity index (χ2n) is 6.04. The van der Waals surface area contributed by atoms with E-state index >= 15 is 0 Å². The van der Waals surface area contributed by atoms with Crippen LogP contribution in [-0.4, -0.2) is 24.4 Å². The molecular weight excluding hydrogens is 300 g/mol. The minimum Gasteiger partial charge on any atom is -0.459 e. The summed E-state index contributed by atoms with van der Waals surface area (Å²) in [4.78, 5) is 14.1. The fourth-order valence-corrected chi connectivity index (χ4v) is 2.64. The Hall–Kier alpha value is -2.59. The lowest BCUT2D eigenvalue weighted by Gasteiger charge is -2.22. The van der Waals surface area contributed by atoms with Crippen LogP contribution in [0.4, 0.5) is 0 Å². The third-order valence-electron chi connectivity index (χ3n) is 4.24. The summed E-state index contributed by atoms with van der Waals surface area (Å²) in [5, 5.41) is 4.04. The molecule has 1 unspecified atom stereocenters. The number of rotatable bonds is 6. The highest BCUT2D eigenvalue weighted by Gasteiger charge is 2.18. The third kappa shape index (κ3) is 3.84. The van der Waals surface area contributed by atoms with Gasteiger partial charge in [-0.3, -0.25) is 9.69 Å². The standard InChI is InChI=1S/C20H22N2O2/c1-15(19-12-17-10-6-7-11-18(17)24-19)22(2)14-20(23)21-13-16-8-4-3-5-9-16/h3-12,15H,13-14H2,1-2H3,(H,21,23). The summed E-state index contributed by atoms with van der Waals surface area (Å²) in [6.45, 7) is 2.92. The van der Waals surface area contributed by atoms with Gasteiger partial charge in [0.1, 0.15) is 11.3 Å². The maximum absolute atomic E-state index is 12.2. The molecule has 4 nitrogen and oxygen atoms in total. The van der Waals surface area contributed by atoms with Crippen molar-refractivity contribution in [1.29, 1.82) is 0 Å². The number of carbonyl (C=O) groups excluding carboxylic acids is 1. The van der Waals surface area contributed by atoms with E-state index in [1.165, 1.54) is 0 Å². The van der Waals surface area contributed by atoms with Gasteiger partial charge in [0.15, 0.2) is 0 Å². The van der Waals surface area contributed by atoms with Gasteiger partial charge in [-0.2, -0.15) is 0 Å². The fourth-order valence-electron chi connectivity index (χ4n) is 2.64. The lowest BCUT2D eigenvalue weighted by molar-refractivity contribution is -0.122. The van der Waals surface area contributed by atoms with Crippen molar-refractivity contribution in [3.63, 3.8) is 0 Å². The number of benzene rings is 2. The predicted molar refractivity (Wildman–Crippen MR) is 95.5 cm³/mol. The van der Waals surface area contributed by atoms with Gasteiger partial charge in [0.25, 0.3) is 0 Å². The summed E-state index contributed by atoms with van der Waals surface area (Å²) in [5.41, 5.74) is 1.97. The van der Waals surface area contributed by atoms with E-state index in [-0.39, 0.29) is 11.9 Å². The lowest BCUT2D eigenvalue weighted by Crippen LogP contribution is -2.36. The number of furan rings is 1. The van der Waals surface area contributed by atoms with E-state index in [1.54, 1.807) is 0 Å². The zero-order valence-electron chi connectivity index (χ0n) is 14.0. The van der Waals surface area contributed by atoms with Crippen LogP contribution in [0.25, 0.3) is 11.0 Å². The molecule has 0 saturated heterocycles. The Morgan fingerprint density at radius 3 is 2.58 bits per heavy atom. The molecule has 1 heterocycles. The van der Waals surface area contributed by atoms with Gasteiger partial charge < -0.3 is 9.73 Å². The largest absolute Gasteiger partial charge is 0.459 e. The Balaban J connectivity index is 1.57. The third-order valence-corrected chi connectivity index (χ3v) is 4.24. The minimum absolute atomic E-state index is 0.00399. The monoisotopic (exact) mass is 322 g/mol. The van der Waals surface area contributed by atoms with Crippen molar-refractivity contribution in [1.82, 2.24) is 10.2 Å². The molecule has 124 valence electrons. The summed E-state index contributed by atoms with van der Waals surface area (Å²) in [6, 6.07) is 19.9. The second kappa shape index (κ2) is 7.32. The first-order chi connectivity index (χ1) is 11.6. The number of hydrogen-bond acceptors (Lipinski definition) is 3. The van der Waals surface area contributed by atoms with Crippen LogP contribution in [0.2, 0.25) is 0 Å². The molecule has 1 amide bonds. The van der Waals surface area contributed by atoms with Crippen LogP contribution in [0.1, 0.15) is 24.3 Å². The number of nitrogens with zero attached hydrogens (tertiary/aromatic N) is 1. The summed E-state index contributed by atoms with van der Waals surface area (Å²) in [6.07, 6.45) is 0. The summed E-state index contributed by atoms with van der Waals surface area (Å²) in [7, 11) is 1.93. The molecule has 1 atom stereocenters. The number of likely N-dealkylation sites (N-methyl/N-ethyl adjacent to an activating group) is 1. The van der Waals surface area contributed by atoms with Crippen LogP contribution in [-0.2, 0) is 11.3 Å². The zero-order valence-corrected chi connectivity index (χ0v) is 14.0. The molecule has 0 aliphatic rings. The molecular formula is C20H22N2O2. The van der Waals surface area contributed by atoms with Gasteiger partial charge >= 0.3 is 0 Å². The van der Waals surface area contributed by atoms with E-state index < -0.39 is 0 Å². The van der Waals surface area contributed by atoms with Crippen LogP contribution >= 0.6 is 0 Å². The highest BCUT2D eigenvalue weighted by molar-refractivity contribution is 5.79. The topological polar surface area (TPSA) is 45.5 Å². The molecule has 24 heavy (non-hydrogen) atoms. The molecule has 1 N–H and O–H groups in total. The van der Waals surface area contributed by atoms with Crippen LogP contribution < -0.4 is 5.32 Å². The highest BCUT2D eigenvalue weighted by atomic mass is 16.3. The number of hydrogen-bond donors (Lipinski definition) is 1. The second-order valence-corrected chi connectivity index (χ2v) is 6.04. The van der Waals surface area contributed by atoms with Crippen molar-refractivity contribution >= 4 is 16.9 Å². The molecule has 0 fully saturated rings. The van der Waals surface area contributed by atoms with Gasteiger partial charge in [0, 0.05) is 11.9 Å². The number of para-hydroxylation sites is 1. The van der Waals surface area contributed by atoms with Gasteiger partial charge in [-0.1, -0.05) is 48.5 Å². The predicted octanol–water partition coefficient (Wildman–Crippen LogP) is 3.74. The first-order valence-electron chi connectivity index (χ1n) is 8.13. The molecule has 0 spiro atoms. The molecule has 0 radical (unpaired) electrons. The lowest BCUT2D eigenvalue weighted by atomic mass is 10.2. The van der Waals surface area contributed by atoms with E-state index in [9.17, 15) is 4.79 Å². The quantitative estimate of drug-likeness (QED) is 0.752. The van der Waals surface area contributed by atoms with Gasteiger partial charge in [-0.25, -0.2) is 0 Å². The Morgan fingerprint density at radius 2 is 1.83 bits per heavy atom. The average Bonchev–Trinajstić information content (AvgIpc) is 3.04. The maximum atomic E-state index is 12.2. The zero-order chi connectivity index (χ0) is 16.9. The van der Waals surface area contributed by atoms with Crippen LogP contribution in [0.3, 0.4) is 0 Å². The van der Waals surface area contributed by atoms with Gasteiger partial charge in [-0.05, 0) is 31.7 Å². The molecule has 4 heteroatoms. The Labute approximate surface area is 142 Å². The van der Waals surface area contributed by atoms with Crippen LogP contribution in [0.15, 0.2) is 65.1 Å². The van der Waals surface area contributed by atoms with Crippen LogP contribution in [0.5, 0.6) is 0 Å². The SMILES string of the molecule is CC(c1cc2ccccc2o1)N(C)CC(=O)NCc1ccccc1. The Kier molecular flexibility index (Phi) is 4.96. The fraction of sp³-hybridized carbons (Fsp3) is 0.250. The summed E-state index contributed by atoms with van der Waals surface area (Å²) in [5.74, 6) is 0.874. The first-order valence-corrected chi connectivity index (χ1v) is 8.13. The van der Waals surface area contributed by atoms with E-state index in [0.29, 0.717) is 13.1 Å². The normalized spacial score (nSPS) is 12.5. The molecule has 0 aliphatic carbocycles. The number of fused-ring (bicyclic) bond motifs is 1. The van der Waals surface area contributed by atoms with Crippen molar-refractivity contribution < 1.29 is 9.21 Å². The van der Waals surface area contributed by atoms with Crippen LogP contribution in [0, 0.1) is 0 Å². The number of nitrogens with one attached hydrogen (secondary N) is 1. The van der Waals surface area contributed by atoms with Crippen molar-refractivity contribution in [2.45, 2.75) is 19.5 Å². The molecule has 0 aliphatic heterocycles. The maximum Gasteiger partial charge on any atom is 0.234 e. The van der Waals surface area contributed by atoms with Crippen molar-refractivity contribution in [3.05, 3.63) is 72.0 Å². The summed E-state index contributed by atoms with van der Waals surface area (Å²) < 4.78 is 5.89. The molecule has 0 bridgehead atoms. The van der Waals surface area contributed by atoms with Gasteiger partial charge in [-0.15, -0.1) is 0 Å². The van der Waals surface area contributed by atoms with Crippen molar-refractivity contribution in [2.24, 2.45) is 0 Å². The van der Waals surface area contributed by atoms with E-state index in [2.05, 4.69) is 5.32 Å².